The van der Waals surface area contributed by atoms with Gasteiger partial charge < -0.3 is 19.7 Å². The highest BCUT2D eigenvalue weighted by Gasteiger charge is 2.54. The summed E-state index contributed by atoms with van der Waals surface area (Å²) in [5.74, 6) is -0.290. The number of benzene rings is 3. The van der Waals surface area contributed by atoms with Gasteiger partial charge in [-0.3, -0.25) is 10.2 Å². The van der Waals surface area contributed by atoms with Crippen LogP contribution >= 0.6 is 0 Å². The summed E-state index contributed by atoms with van der Waals surface area (Å²) in [5, 5.41) is 22.8. The van der Waals surface area contributed by atoms with E-state index < -0.39 is 33.1 Å². The molecule has 5 rings (SSSR count). The summed E-state index contributed by atoms with van der Waals surface area (Å²) in [6.45, 7) is 0.320. The highest BCUT2D eigenvalue weighted by molar-refractivity contribution is 7.91. The van der Waals surface area contributed by atoms with Gasteiger partial charge in [-0.15, -0.1) is 0 Å². The minimum atomic E-state index is -3.84. The van der Waals surface area contributed by atoms with Crippen molar-refractivity contribution in [2.45, 2.75) is 73.8 Å². The van der Waals surface area contributed by atoms with Crippen molar-refractivity contribution >= 4 is 21.6 Å². The smallest absolute Gasteiger partial charge is 0.266 e. The Morgan fingerprint density at radius 2 is 1.75 bits per heavy atom. The second-order valence-corrected chi connectivity index (χ2v) is 14.0. The van der Waals surface area contributed by atoms with Gasteiger partial charge >= 0.3 is 0 Å². The number of azide groups is 1. The van der Waals surface area contributed by atoms with Crippen molar-refractivity contribution in [3.05, 3.63) is 106 Å². The van der Waals surface area contributed by atoms with Crippen molar-refractivity contribution in [1.82, 2.24) is 10.9 Å². The first kappa shape index (κ1) is 34.9. The molecule has 0 saturated heterocycles. The summed E-state index contributed by atoms with van der Waals surface area (Å²) >= 11 is 0. The fraction of sp³-hybridized carbons (Fsp3) is 0.412. The molecule has 1 aliphatic heterocycles. The van der Waals surface area contributed by atoms with Crippen LogP contribution in [-0.4, -0.2) is 67.1 Å². The maximum absolute atomic E-state index is 14.5. The largest absolute Gasteiger partial charge is 0.494 e. The molecule has 4 N–H and O–H groups in total. The van der Waals surface area contributed by atoms with Gasteiger partial charge in [0.2, 0.25) is 5.90 Å². The van der Waals surface area contributed by atoms with Crippen LogP contribution < -0.4 is 15.6 Å². The third kappa shape index (κ3) is 8.33. The molecule has 3 aromatic carbocycles. The number of carbonyl (C=O) groups excluding carboxylic acids is 1. The van der Waals surface area contributed by atoms with Crippen molar-refractivity contribution < 1.29 is 32.9 Å². The Bertz CT molecular complexity index is 1720. The van der Waals surface area contributed by atoms with Crippen LogP contribution in [-0.2, 0) is 25.9 Å². The topological polar surface area (TPSA) is 195 Å². The summed E-state index contributed by atoms with van der Waals surface area (Å²) in [5.41, 5.74) is 14.9. The van der Waals surface area contributed by atoms with Crippen molar-refractivity contribution in [3.63, 3.8) is 0 Å². The van der Waals surface area contributed by atoms with Gasteiger partial charge in [0.15, 0.2) is 21.5 Å². The van der Waals surface area contributed by atoms with Gasteiger partial charge in [-0.1, -0.05) is 47.6 Å². The minimum Gasteiger partial charge on any atom is -0.494 e. The molecule has 1 amide bonds. The number of sulfone groups is 1. The van der Waals surface area contributed by atoms with E-state index in [0.717, 1.165) is 0 Å². The number of aliphatic imine (C=N–C) groups is 1. The molecule has 0 radical (unpaired) electrons. The Morgan fingerprint density at radius 1 is 1.04 bits per heavy atom. The van der Waals surface area contributed by atoms with Crippen LogP contribution in [0, 0.1) is 0 Å². The number of nitrogens with zero attached hydrogens (tertiary/aromatic N) is 4. The van der Waals surface area contributed by atoms with Crippen LogP contribution in [0.3, 0.4) is 0 Å². The number of nitrogens with one attached hydrogen (secondary N) is 2. The van der Waals surface area contributed by atoms with Gasteiger partial charge in [0.25, 0.3) is 5.91 Å². The van der Waals surface area contributed by atoms with Crippen LogP contribution in [0.5, 0.6) is 5.75 Å². The van der Waals surface area contributed by atoms with Gasteiger partial charge in [0.1, 0.15) is 5.75 Å². The number of rotatable bonds is 15. The Morgan fingerprint density at radius 3 is 2.46 bits per heavy atom. The Labute approximate surface area is 279 Å². The van der Waals surface area contributed by atoms with Crippen LogP contribution in [0.1, 0.15) is 61.3 Å². The molecule has 0 bridgehead atoms. The third-order valence-electron chi connectivity index (χ3n) is 8.61. The molecule has 0 spiro atoms. The van der Waals surface area contributed by atoms with Gasteiger partial charge in [-0.05, 0) is 78.7 Å². The van der Waals surface area contributed by atoms with E-state index in [9.17, 15) is 18.3 Å². The van der Waals surface area contributed by atoms with Crippen molar-refractivity contribution in [1.29, 1.82) is 0 Å². The predicted octanol–water partition coefficient (Wildman–Crippen LogP) is 4.30. The van der Waals surface area contributed by atoms with E-state index >= 15 is 0 Å². The minimum absolute atomic E-state index is 0.00691. The quantitative estimate of drug-likeness (QED) is 0.0601. The summed E-state index contributed by atoms with van der Waals surface area (Å²) in [6.07, 6.45) is 1.26. The molecule has 1 fully saturated rings. The van der Waals surface area contributed by atoms with E-state index in [4.69, 9.17) is 25.1 Å². The average Bonchev–Trinajstić information content (AvgIpc) is 3.51. The molecule has 254 valence electrons. The summed E-state index contributed by atoms with van der Waals surface area (Å²) in [6, 6.07) is 21.9. The number of hydrogen-bond donors (Lipinski definition) is 4. The lowest BCUT2D eigenvalue weighted by molar-refractivity contribution is -0.130. The normalized spacial score (nSPS) is 22.2. The predicted molar refractivity (Wildman–Crippen MR) is 179 cm³/mol. The molecular formula is C34H40N6O7S. The average molecular weight is 677 g/mol. The molecular weight excluding hydrogens is 636 g/mol. The van der Waals surface area contributed by atoms with E-state index in [1.165, 1.54) is 12.1 Å². The number of aliphatic hydroxyl groups excluding tert-OH is 2. The second kappa shape index (κ2) is 16.1. The fourth-order valence-electron chi connectivity index (χ4n) is 5.92. The number of hydrogen-bond acceptors (Lipinski definition) is 10. The molecule has 13 nitrogen and oxygen atoms in total. The number of hydrazine groups is 1. The second-order valence-electron chi connectivity index (χ2n) is 11.9. The number of amides is 1. The van der Waals surface area contributed by atoms with Gasteiger partial charge in [0, 0.05) is 36.0 Å². The molecule has 0 unspecified atom stereocenters. The third-order valence-corrected chi connectivity index (χ3v) is 10.3. The zero-order valence-electron chi connectivity index (χ0n) is 26.4. The Hall–Kier alpha value is -4.46. The SMILES string of the molecule is [N-]=[N+]=NCc1ccccc1[C@@H]1OC(c2ccc(OCCCO)cc2)=N[C@]1(CCS(=O)(=O)c1ccccc1)C(=O)NNC1CCC(O)CC1. The van der Waals surface area contributed by atoms with Crippen LogP contribution in [0.15, 0.2) is 93.9 Å². The zero-order chi connectivity index (χ0) is 34.0. The lowest BCUT2D eigenvalue weighted by Crippen LogP contribution is -2.56. The van der Waals surface area contributed by atoms with E-state index in [2.05, 4.69) is 20.9 Å². The standard InChI is InChI=1S/C34H40N6O7S/c35-40-36-23-25-7-4-5-10-30(25)31-34(19-22-48(44,45)29-8-2-1-3-9-29,33(43)39-38-26-13-15-27(42)16-14-26)37-32(47-31)24-11-17-28(18-12-24)46-21-6-20-41/h1-5,7-12,17-18,26-27,31,38,41-42H,6,13-16,19-23H2,(H,39,43)/t26?,27?,31-,34-/m0/s1. The van der Waals surface area contributed by atoms with Gasteiger partial charge in [-0.25, -0.2) is 18.8 Å². The van der Waals surface area contributed by atoms with Crippen molar-refractivity contribution in [2.75, 3.05) is 19.0 Å². The first-order valence-electron chi connectivity index (χ1n) is 16.0. The molecule has 1 aliphatic carbocycles. The van der Waals surface area contributed by atoms with E-state index in [0.29, 0.717) is 61.2 Å². The van der Waals surface area contributed by atoms with Crippen LogP contribution in [0.4, 0.5) is 0 Å². The molecule has 48 heavy (non-hydrogen) atoms. The molecule has 0 aromatic heterocycles. The molecule has 1 heterocycles. The Kier molecular flexibility index (Phi) is 11.7. The van der Waals surface area contributed by atoms with Gasteiger partial charge in [-0.2, -0.15) is 0 Å². The lowest BCUT2D eigenvalue weighted by Gasteiger charge is -2.33. The zero-order valence-corrected chi connectivity index (χ0v) is 27.3. The molecule has 14 heteroatoms. The van der Waals surface area contributed by atoms with Crippen LogP contribution in [0.25, 0.3) is 10.4 Å². The van der Waals surface area contributed by atoms with E-state index in [-0.39, 0.29) is 42.5 Å². The number of ether oxygens (including phenoxy) is 2. The van der Waals surface area contributed by atoms with Crippen molar-refractivity contribution in [2.24, 2.45) is 10.1 Å². The van der Waals surface area contributed by atoms with Crippen molar-refractivity contribution in [3.8, 4) is 5.75 Å². The first-order valence-corrected chi connectivity index (χ1v) is 17.6. The van der Waals surface area contributed by atoms with Gasteiger partial charge in [0.05, 0.1) is 29.9 Å². The number of aliphatic hydroxyl groups is 2. The Balaban J connectivity index is 1.56. The van der Waals surface area contributed by atoms with E-state index in [1.54, 1.807) is 66.7 Å². The monoisotopic (exact) mass is 676 g/mol. The molecule has 2 aliphatic rings. The summed E-state index contributed by atoms with van der Waals surface area (Å²) in [4.78, 5) is 22.4. The van der Waals surface area contributed by atoms with E-state index in [1.807, 2.05) is 0 Å². The molecule has 2 atom stereocenters. The maximum atomic E-state index is 14.5. The summed E-state index contributed by atoms with van der Waals surface area (Å²) in [7, 11) is -3.84. The molecule has 3 aromatic rings. The van der Waals surface area contributed by atoms with Crippen LogP contribution in [0.2, 0.25) is 0 Å². The first-order chi connectivity index (χ1) is 23.3. The highest BCUT2D eigenvalue weighted by Crippen LogP contribution is 2.44. The maximum Gasteiger partial charge on any atom is 0.266 e. The fourth-order valence-corrected chi connectivity index (χ4v) is 7.31. The number of carbonyl (C=O) groups is 1. The molecule has 1 saturated carbocycles. The lowest BCUT2D eigenvalue weighted by atomic mass is 9.83. The highest BCUT2D eigenvalue weighted by atomic mass is 32.2. The summed E-state index contributed by atoms with van der Waals surface area (Å²) < 4.78 is 39.4.